The summed E-state index contributed by atoms with van der Waals surface area (Å²) >= 11 is 0. The molecule has 0 spiro atoms. The van der Waals surface area contributed by atoms with Gasteiger partial charge in [-0.25, -0.2) is 0 Å². The molecule has 0 rings (SSSR count). The van der Waals surface area contributed by atoms with Crippen LogP contribution in [-0.2, 0) is 4.74 Å². The maximum Gasteiger partial charge on any atom is 0.216 e. The summed E-state index contributed by atoms with van der Waals surface area (Å²) in [5, 5.41) is 0. The van der Waals surface area contributed by atoms with E-state index in [-0.39, 0.29) is 0 Å². The lowest BCUT2D eigenvalue weighted by atomic mass is 10.8. The van der Waals surface area contributed by atoms with Gasteiger partial charge in [0, 0.05) is 7.11 Å². The first-order chi connectivity index (χ1) is 4.06. The summed E-state index contributed by atoms with van der Waals surface area (Å²) in [6.07, 6.45) is 0. The second-order valence-electron chi connectivity index (χ2n) is 2.81. The Hall–Kier alpha value is -0.263. The maximum absolute atomic E-state index is 4.54. The second-order valence-corrected chi connectivity index (χ2v) is 7.56. The van der Waals surface area contributed by atoms with Crippen LogP contribution in [-0.4, -0.2) is 15.2 Å². The Kier molecular flexibility index (Phi) is 3.60. The fraction of sp³-hybridized carbons (Fsp3) is 0.571. The summed E-state index contributed by atoms with van der Waals surface area (Å²) in [5.41, 5.74) is 3.08. The van der Waals surface area contributed by atoms with E-state index in [0.29, 0.717) is 0 Å². The smallest absolute Gasteiger partial charge is 0.216 e. The van der Waals surface area contributed by atoms with Gasteiger partial charge >= 0.3 is 0 Å². The van der Waals surface area contributed by atoms with Gasteiger partial charge in [0.25, 0.3) is 0 Å². The zero-order valence-corrected chi connectivity index (χ0v) is 7.41. The Balaban J connectivity index is 3.59. The molecule has 0 aromatic rings. The highest BCUT2D eigenvalue weighted by atomic mass is 28.3. The highest BCUT2D eigenvalue weighted by molar-refractivity contribution is 6.83. The molecule has 0 amide bonds. The van der Waals surface area contributed by atoms with Crippen LogP contribution in [0, 0.1) is 18.1 Å². The Morgan fingerprint density at radius 3 is 2.11 bits per heavy atom. The fourth-order valence-electron chi connectivity index (χ4n) is 0.264. The van der Waals surface area contributed by atoms with Gasteiger partial charge in [-0.15, -0.1) is 5.54 Å². The van der Waals surface area contributed by atoms with Crippen molar-refractivity contribution in [2.75, 3.05) is 7.11 Å². The van der Waals surface area contributed by atoms with E-state index in [0.717, 1.165) is 0 Å². The van der Waals surface area contributed by atoms with Gasteiger partial charge < -0.3 is 4.74 Å². The van der Waals surface area contributed by atoms with E-state index in [9.17, 15) is 0 Å². The van der Waals surface area contributed by atoms with Crippen LogP contribution in [0.1, 0.15) is 0 Å². The van der Waals surface area contributed by atoms with E-state index in [2.05, 4.69) is 42.4 Å². The van der Waals surface area contributed by atoms with Gasteiger partial charge in [-0.1, -0.05) is 25.6 Å². The SMILES string of the molecule is CO[C]C#C[Si](C)(C)C. The number of hydrogen-bond donors (Lipinski definition) is 0. The minimum absolute atomic E-state index is 1.20. The molecule has 0 aliphatic heterocycles. The van der Waals surface area contributed by atoms with E-state index in [1.165, 1.54) is 0 Å². The molecule has 0 aliphatic carbocycles. The summed E-state index contributed by atoms with van der Waals surface area (Å²) < 4.78 is 4.54. The molecule has 0 atom stereocenters. The van der Waals surface area contributed by atoms with Crippen LogP contribution < -0.4 is 0 Å². The Morgan fingerprint density at radius 1 is 1.22 bits per heavy atom. The van der Waals surface area contributed by atoms with Gasteiger partial charge in [0.05, 0.1) is 0 Å². The summed E-state index contributed by atoms with van der Waals surface area (Å²) in [6, 6.07) is 0. The van der Waals surface area contributed by atoms with Gasteiger partial charge in [-0.3, -0.25) is 0 Å². The predicted octanol–water partition coefficient (Wildman–Crippen LogP) is 1.55. The summed E-state index contributed by atoms with van der Waals surface area (Å²) in [5.74, 6) is 2.71. The van der Waals surface area contributed by atoms with Crippen molar-refractivity contribution >= 4 is 8.07 Å². The first kappa shape index (κ1) is 8.74. The van der Waals surface area contributed by atoms with Crippen LogP contribution in [0.15, 0.2) is 0 Å². The molecule has 50 valence electrons. The molecule has 0 bridgehead atoms. The predicted molar refractivity (Wildman–Crippen MR) is 41.4 cm³/mol. The topological polar surface area (TPSA) is 9.23 Å². The highest BCUT2D eigenvalue weighted by Crippen LogP contribution is 1.95. The largest absolute Gasteiger partial charge is 0.358 e. The van der Waals surface area contributed by atoms with E-state index in [4.69, 9.17) is 0 Å². The zero-order chi connectivity index (χ0) is 7.33. The van der Waals surface area contributed by atoms with Crippen LogP contribution in [0.4, 0.5) is 0 Å². The fourth-order valence-corrected chi connectivity index (χ4v) is 0.690. The van der Waals surface area contributed by atoms with Crippen molar-refractivity contribution in [3.63, 3.8) is 0 Å². The van der Waals surface area contributed by atoms with Crippen molar-refractivity contribution in [1.29, 1.82) is 0 Å². The Morgan fingerprint density at radius 2 is 1.78 bits per heavy atom. The zero-order valence-electron chi connectivity index (χ0n) is 6.41. The monoisotopic (exact) mass is 140 g/mol. The van der Waals surface area contributed by atoms with E-state index in [1.54, 1.807) is 7.11 Å². The van der Waals surface area contributed by atoms with Gasteiger partial charge in [-0.05, 0) is 0 Å². The van der Waals surface area contributed by atoms with Crippen LogP contribution >= 0.6 is 0 Å². The minimum Gasteiger partial charge on any atom is -0.358 e. The minimum atomic E-state index is -1.20. The molecule has 1 nitrogen and oxygen atoms in total. The van der Waals surface area contributed by atoms with Gasteiger partial charge in [0.2, 0.25) is 6.61 Å². The molecule has 0 fully saturated rings. The molecule has 2 radical (unpaired) electrons. The molecule has 0 aliphatic rings. The molecular formula is C7H12OSi. The van der Waals surface area contributed by atoms with Crippen molar-refractivity contribution in [3.05, 3.63) is 6.61 Å². The standard InChI is InChI=1S/C7H12OSi/c1-8-6-5-7-9(2,3)4/h1-4H3. The number of ether oxygens (including phenoxy) is 1. The molecule has 0 aromatic heterocycles. The number of hydrogen-bond acceptors (Lipinski definition) is 1. The molecule has 0 heterocycles. The normalized spacial score (nSPS) is 10.2. The number of methoxy groups -OCH3 is 1. The third-order valence-electron chi connectivity index (χ3n) is 0.591. The van der Waals surface area contributed by atoms with Gasteiger partial charge in [0.1, 0.15) is 8.07 Å². The quantitative estimate of drug-likeness (QED) is 0.396. The molecule has 9 heavy (non-hydrogen) atoms. The third kappa shape index (κ3) is 7.74. The lowest BCUT2D eigenvalue weighted by Crippen LogP contribution is -2.16. The first-order valence-corrected chi connectivity index (χ1v) is 6.36. The van der Waals surface area contributed by atoms with Gasteiger partial charge in [-0.2, -0.15) is 0 Å². The van der Waals surface area contributed by atoms with E-state index < -0.39 is 8.07 Å². The van der Waals surface area contributed by atoms with E-state index in [1.807, 2.05) is 0 Å². The lowest BCUT2D eigenvalue weighted by Gasteiger charge is -2.02. The van der Waals surface area contributed by atoms with Crippen molar-refractivity contribution < 1.29 is 4.74 Å². The van der Waals surface area contributed by atoms with Crippen molar-refractivity contribution in [1.82, 2.24) is 0 Å². The molecular weight excluding hydrogens is 128 g/mol. The Bertz CT molecular complexity index is 124. The van der Waals surface area contributed by atoms with Crippen molar-refractivity contribution in [2.45, 2.75) is 19.6 Å². The lowest BCUT2D eigenvalue weighted by molar-refractivity contribution is 0.301. The maximum atomic E-state index is 4.54. The molecule has 0 N–H and O–H groups in total. The van der Waals surface area contributed by atoms with Crippen LogP contribution in [0.5, 0.6) is 0 Å². The number of rotatable bonds is 1. The van der Waals surface area contributed by atoms with Crippen molar-refractivity contribution in [2.24, 2.45) is 0 Å². The first-order valence-electron chi connectivity index (χ1n) is 2.86. The molecule has 2 heteroatoms. The molecule has 0 unspecified atom stereocenters. The average molecular weight is 140 g/mol. The highest BCUT2D eigenvalue weighted by Gasteiger charge is 2.06. The molecule has 0 saturated carbocycles. The second kappa shape index (κ2) is 3.70. The van der Waals surface area contributed by atoms with Crippen LogP contribution in [0.3, 0.4) is 0 Å². The van der Waals surface area contributed by atoms with Gasteiger partial charge in [0.15, 0.2) is 0 Å². The third-order valence-corrected chi connectivity index (χ3v) is 1.47. The molecule has 0 saturated heterocycles. The Labute approximate surface area is 58.4 Å². The average Bonchev–Trinajstić information content (AvgIpc) is 1.63. The summed E-state index contributed by atoms with van der Waals surface area (Å²) in [4.78, 5) is 0. The summed E-state index contributed by atoms with van der Waals surface area (Å²) in [7, 11) is 0.356. The van der Waals surface area contributed by atoms with Crippen LogP contribution in [0.25, 0.3) is 0 Å². The van der Waals surface area contributed by atoms with E-state index >= 15 is 0 Å². The summed E-state index contributed by atoms with van der Waals surface area (Å²) in [6.45, 7) is 9.01. The van der Waals surface area contributed by atoms with Crippen LogP contribution in [0.2, 0.25) is 19.6 Å². The molecule has 0 aromatic carbocycles. The van der Waals surface area contributed by atoms with Crippen molar-refractivity contribution in [3.8, 4) is 11.5 Å².